The van der Waals surface area contributed by atoms with Crippen LogP contribution in [0.4, 0.5) is 16.3 Å². The summed E-state index contributed by atoms with van der Waals surface area (Å²) in [6.07, 6.45) is 2.72. The number of hydrogen-bond acceptors (Lipinski definition) is 3. The van der Waals surface area contributed by atoms with Crippen molar-refractivity contribution < 1.29 is 4.79 Å². The highest BCUT2D eigenvalue weighted by Gasteiger charge is 2.24. The van der Waals surface area contributed by atoms with Crippen molar-refractivity contribution in [3.63, 3.8) is 0 Å². The number of amides is 2. The fourth-order valence-corrected chi connectivity index (χ4v) is 2.62. The molecular weight excluding hydrogens is 276 g/mol. The molecule has 2 amide bonds. The maximum absolute atomic E-state index is 12.0. The molecule has 22 heavy (non-hydrogen) atoms. The molecule has 1 atom stereocenters. The van der Waals surface area contributed by atoms with Crippen molar-refractivity contribution in [3.05, 3.63) is 54.2 Å². The summed E-state index contributed by atoms with van der Waals surface area (Å²) < 4.78 is 0. The molecule has 0 aliphatic carbocycles. The minimum Gasteiger partial charge on any atom is -0.354 e. The number of carbonyl (C=O) groups is 1. The third-order valence-corrected chi connectivity index (χ3v) is 3.81. The predicted molar refractivity (Wildman–Crippen MR) is 88.2 cm³/mol. The van der Waals surface area contributed by atoms with Gasteiger partial charge in [0.05, 0.1) is 0 Å². The van der Waals surface area contributed by atoms with E-state index in [4.69, 9.17) is 0 Å². The molecule has 0 radical (unpaired) electrons. The van der Waals surface area contributed by atoms with Gasteiger partial charge in [-0.2, -0.15) is 0 Å². The number of hydrogen-bond donors (Lipinski definition) is 2. The lowest BCUT2D eigenvalue weighted by molar-refractivity contribution is 0.249. The molecule has 0 bridgehead atoms. The van der Waals surface area contributed by atoms with Crippen LogP contribution in [0.15, 0.2) is 48.7 Å². The molecule has 1 aromatic heterocycles. The zero-order valence-electron chi connectivity index (χ0n) is 12.6. The first-order valence-electron chi connectivity index (χ1n) is 7.51. The third kappa shape index (κ3) is 3.55. The molecule has 1 aliphatic rings. The Bertz CT molecular complexity index is 627. The molecule has 2 aromatic rings. The number of aromatic nitrogens is 1. The van der Waals surface area contributed by atoms with Crippen molar-refractivity contribution >= 4 is 17.5 Å². The van der Waals surface area contributed by atoms with Crippen LogP contribution in [0.1, 0.15) is 12.0 Å². The molecular formula is C17H20N4O. The van der Waals surface area contributed by atoms with Gasteiger partial charge < -0.3 is 15.5 Å². The van der Waals surface area contributed by atoms with Crippen LogP contribution in [-0.2, 0) is 0 Å². The summed E-state index contributed by atoms with van der Waals surface area (Å²) in [6.45, 7) is 3.72. The van der Waals surface area contributed by atoms with Crippen LogP contribution in [-0.4, -0.2) is 30.1 Å². The van der Waals surface area contributed by atoms with Crippen LogP contribution in [0.2, 0.25) is 0 Å². The Morgan fingerprint density at radius 3 is 2.77 bits per heavy atom. The van der Waals surface area contributed by atoms with Crippen LogP contribution in [0.5, 0.6) is 0 Å². The molecule has 0 spiro atoms. The lowest BCUT2D eigenvalue weighted by Crippen LogP contribution is -2.39. The minimum absolute atomic E-state index is 0.146. The molecule has 5 heteroatoms. The highest BCUT2D eigenvalue weighted by molar-refractivity contribution is 5.89. The van der Waals surface area contributed by atoms with E-state index in [0.717, 1.165) is 31.0 Å². The van der Waals surface area contributed by atoms with Crippen molar-refractivity contribution in [2.24, 2.45) is 0 Å². The summed E-state index contributed by atoms with van der Waals surface area (Å²) in [5, 5.41) is 5.89. The number of benzene rings is 1. The van der Waals surface area contributed by atoms with Crippen molar-refractivity contribution in [1.29, 1.82) is 0 Å². The molecule has 1 aromatic carbocycles. The van der Waals surface area contributed by atoms with Crippen molar-refractivity contribution in [3.8, 4) is 0 Å². The van der Waals surface area contributed by atoms with Crippen LogP contribution < -0.4 is 15.5 Å². The van der Waals surface area contributed by atoms with Gasteiger partial charge in [0.25, 0.3) is 0 Å². The van der Waals surface area contributed by atoms with Gasteiger partial charge in [0.2, 0.25) is 0 Å². The highest BCUT2D eigenvalue weighted by atomic mass is 16.2. The molecule has 1 unspecified atom stereocenters. The second kappa shape index (κ2) is 6.47. The first-order chi connectivity index (χ1) is 10.7. The largest absolute Gasteiger partial charge is 0.354 e. The Morgan fingerprint density at radius 2 is 2.05 bits per heavy atom. The van der Waals surface area contributed by atoms with E-state index in [0.29, 0.717) is 0 Å². The number of nitrogens with zero attached hydrogens (tertiary/aromatic N) is 2. The van der Waals surface area contributed by atoms with Gasteiger partial charge in [-0.05, 0) is 37.6 Å². The van der Waals surface area contributed by atoms with Crippen LogP contribution in [0, 0.1) is 6.92 Å². The monoisotopic (exact) mass is 296 g/mol. The summed E-state index contributed by atoms with van der Waals surface area (Å²) >= 11 is 0. The van der Waals surface area contributed by atoms with E-state index in [2.05, 4.69) is 20.5 Å². The molecule has 5 nitrogen and oxygen atoms in total. The standard InChI is InChI=1S/C17H20N4O/c1-13-5-7-14(8-6-13)19-17(22)20-15-9-11-21(12-15)16-4-2-3-10-18-16/h2-8,10,15H,9,11-12H2,1H3,(H2,19,20,22). The molecule has 114 valence electrons. The number of pyridine rings is 1. The summed E-state index contributed by atoms with van der Waals surface area (Å²) in [6, 6.07) is 13.6. The average Bonchev–Trinajstić information content (AvgIpc) is 2.99. The molecule has 1 saturated heterocycles. The SMILES string of the molecule is Cc1ccc(NC(=O)NC2CCN(c3ccccn3)C2)cc1. The van der Waals surface area contributed by atoms with Crippen molar-refractivity contribution in [2.75, 3.05) is 23.3 Å². The Hall–Kier alpha value is -2.56. The van der Waals surface area contributed by atoms with Crippen LogP contribution in [0.3, 0.4) is 0 Å². The smallest absolute Gasteiger partial charge is 0.319 e. The molecule has 2 heterocycles. The maximum Gasteiger partial charge on any atom is 0.319 e. The van der Waals surface area contributed by atoms with Gasteiger partial charge in [-0.1, -0.05) is 23.8 Å². The number of urea groups is 1. The quantitative estimate of drug-likeness (QED) is 0.915. The Balaban J connectivity index is 1.51. The molecule has 0 saturated carbocycles. The second-order valence-corrected chi connectivity index (χ2v) is 5.58. The van der Waals surface area contributed by atoms with Crippen LogP contribution >= 0.6 is 0 Å². The Morgan fingerprint density at radius 1 is 1.23 bits per heavy atom. The first-order valence-corrected chi connectivity index (χ1v) is 7.51. The molecule has 1 aliphatic heterocycles. The van der Waals surface area contributed by atoms with E-state index in [9.17, 15) is 4.79 Å². The minimum atomic E-state index is -0.156. The molecule has 2 N–H and O–H groups in total. The number of nitrogens with one attached hydrogen (secondary N) is 2. The van der Waals surface area contributed by atoms with Crippen molar-refractivity contribution in [2.45, 2.75) is 19.4 Å². The van der Waals surface area contributed by atoms with Gasteiger partial charge in [-0.15, -0.1) is 0 Å². The van der Waals surface area contributed by atoms with Gasteiger partial charge in [-0.3, -0.25) is 0 Å². The van der Waals surface area contributed by atoms with Gasteiger partial charge in [0.1, 0.15) is 5.82 Å². The molecule has 3 rings (SSSR count). The van der Waals surface area contributed by atoms with E-state index in [1.165, 1.54) is 5.56 Å². The average molecular weight is 296 g/mol. The lowest BCUT2D eigenvalue weighted by Gasteiger charge is -2.18. The Kier molecular flexibility index (Phi) is 4.23. The Labute approximate surface area is 130 Å². The zero-order chi connectivity index (χ0) is 15.4. The van der Waals surface area contributed by atoms with Crippen LogP contribution in [0.25, 0.3) is 0 Å². The summed E-state index contributed by atoms with van der Waals surface area (Å²) in [4.78, 5) is 18.6. The third-order valence-electron chi connectivity index (χ3n) is 3.81. The second-order valence-electron chi connectivity index (χ2n) is 5.58. The molecule has 1 fully saturated rings. The number of aryl methyl sites for hydroxylation is 1. The number of anilines is 2. The topological polar surface area (TPSA) is 57.3 Å². The fourth-order valence-electron chi connectivity index (χ4n) is 2.62. The fraction of sp³-hybridized carbons (Fsp3) is 0.294. The normalized spacial score (nSPS) is 17.3. The predicted octanol–water partition coefficient (Wildman–Crippen LogP) is 2.79. The summed E-state index contributed by atoms with van der Waals surface area (Å²) in [7, 11) is 0. The van der Waals surface area contributed by atoms with E-state index < -0.39 is 0 Å². The highest BCUT2D eigenvalue weighted by Crippen LogP contribution is 2.17. The summed E-state index contributed by atoms with van der Waals surface area (Å²) in [5.41, 5.74) is 1.98. The van der Waals surface area contributed by atoms with Gasteiger partial charge in [0, 0.05) is 31.0 Å². The van der Waals surface area contributed by atoms with E-state index in [-0.39, 0.29) is 12.1 Å². The van der Waals surface area contributed by atoms with E-state index in [1.54, 1.807) is 6.20 Å². The van der Waals surface area contributed by atoms with Crippen molar-refractivity contribution in [1.82, 2.24) is 10.3 Å². The lowest BCUT2D eigenvalue weighted by atomic mass is 10.2. The summed E-state index contributed by atoms with van der Waals surface area (Å²) in [5.74, 6) is 0.964. The van der Waals surface area contributed by atoms with Gasteiger partial charge >= 0.3 is 6.03 Å². The van der Waals surface area contributed by atoms with Gasteiger partial charge in [-0.25, -0.2) is 9.78 Å². The number of carbonyl (C=O) groups excluding carboxylic acids is 1. The van der Waals surface area contributed by atoms with E-state index in [1.807, 2.05) is 49.4 Å². The van der Waals surface area contributed by atoms with E-state index >= 15 is 0 Å². The maximum atomic E-state index is 12.0. The van der Waals surface area contributed by atoms with Gasteiger partial charge in [0.15, 0.2) is 0 Å². The number of rotatable bonds is 3. The first kappa shape index (κ1) is 14.4. The zero-order valence-corrected chi connectivity index (χ0v) is 12.6.